The molecule has 0 unspecified atom stereocenters. The second kappa shape index (κ2) is 6.90. The van der Waals surface area contributed by atoms with E-state index >= 15 is 0 Å². The van der Waals surface area contributed by atoms with Crippen LogP contribution in [0, 0.1) is 0 Å². The molecule has 1 amide bonds. The van der Waals surface area contributed by atoms with E-state index in [-0.39, 0.29) is 23.0 Å². The van der Waals surface area contributed by atoms with Crippen molar-refractivity contribution in [1.82, 2.24) is 5.32 Å². The van der Waals surface area contributed by atoms with Crippen molar-refractivity contribution in [2.75, 3.05) is 6.54 Å². The topological polar surface area (TPSA) is 86.6 Å². The van der Waals surface area contributed by atoms with Gasteiger partial charge in [0.15, 0.2) is 6.10 Å². The van der Waals surface area contributed by atoms with Crippen LogP contribution in [0.1, 0.15) is 22.3 Å². The van der Waals surface area contributed by atoms with Gasteiger partial charge in [0, 0.05) is 23.0 Å². The number of hydrogen-bond donors (Lipinski definition) is 3. The van der Waals surface area contributed by atoms with E-state index in [1.165, 1.54) is 6.07 Å². The Morgan fingerprint density at radius 1 is 1.33 bits per heavy atom. The minimum atomic E-state index is -4.60. The summed E-state index contributed by atoms with van der Waals surface area (Å²) in [6, 6.07) is 2.99. The van der Waals surface area contributed by atoms with E-state index in [0.29, 0.717) is 6.07 Å². The molecule has 21 heavy (non-hydrogen) atoms. The average Bonchev–Trinajstić information content (AvgIpc) is 2.37. The zero-order valence-corrected chi connectivity index (χ0v) is 12.0. The van der Waals surface area contributed by atoms with Crippen molar-refractivity contribution in [2.24, 2.45) is 0 Å². The number of carbonyl (C=O) groups excluding carboxylic acids is 1. The van der Waals surface area contributed by atoms with Gasteiger partial charge in [0.2, 0.25) is 0 Å². The third kappa shape index (κ3) is 5.01. The molecule has 3 N–H and O–H groups in total. The smallest absolute Gasteiger partial charge is 0.417 e. The molecule has 116 valence electrons. The highest BCUT2D eigenvalue weighted by Gasteiger charge is 2.33. The highest BCUT2D eigenvalue weighted by molar-refractivity contribution is 9.10. The van der Waals surface area contributed by atoms with Gasteiger partial charge in [0.25, 0.3) is 5.91 Å². The van der Waals surface area contributed by atoms with E-state index in [4.69, 9.17) is 10.2 Å². The number of carboxylic acids is 1. The number of hydrogen-bond acceptors (Lipinski definition) is 3. The first-order chi connectivity index (χ1) is 9.62. The molecule has 0 aliphatic rings. The molecular weight excluding hydrogens is 359 g/mol. The first-order valence-electron chi connectivity index (χ1n) is 5.68. The molecule has 0 aliphatic carbocycles. The Bertz CT molecular complexity index is 548. The van der Waals surface area contributed by atoms with E-state index < -0.39 is 29.7 Å². The molecule has 0 saturated carbocycles. The lowest BCUT2D eigenvalue weighted by Gasteiger charge is -2.11. The van der Waals surface area contributed by atoms with Crippen molar-refractivity contribution < 1.29 is 33.0 Å². The fraction of sp³-hybridized carbons (Fsp3) is 0.333. The lowest BCUT2D eigenvalue weighted by molar-refractivity contribution is -0.146. The first kappa shape index (κ1) is 17.4. The molecule has 9 heteroatoms. The molecule has 0 spiro atoms. The fourth-order valence-corrected chi connectivity index (χ4v) is 1.90. The number of benzene rings is 1. The number of alkyl halides is 3. The molecule has 1 aromatic carbocycles. The predicted molar refractivity (Wildman–Crippen MR) is 69.7 cm³/mol. The van der Waals surface area contributed by atoms with Crippen molar-refractivity contribution in [3.63, 3.8) is 0 Å². The summed E-state index contributed by atoms with van der Waals surface area (Å²) in [5.41, 5.74) is -1.20. The maximum atomic E-state index is 12.7. The molecule has 0 radical (unpaired) electrons. The standard InChI is InChI=1S/C12H11BrF3NO4/c13-8-2-1-6(5-7(8)12(14,15)16)10(19)17-4-3-9(18)11(20)21/h1-2,5,9,18H,3-4H2,(H,17,19)(H,20,21)/t9-/m0/s1. The molecular formula is C12H11BrF3NO4. The van der Waals surface area contributed by atoms with E-state index in [1.807, 2.05) is 0 Å². The summed E-state index contributed by atoms with van der Waals surface area (Å²) >= 11 is 2.75. The predicted octanol–water partition coefficient (Wildman–Crippen LogP) is 2.03. The largest absolute Gasteiger partial charge is 0.479 e. The molecule has 0 saturated heterocycles. The van der Waals surface area contributed by atoms with Gasteiger partial charge >= 0.3 is 12.1 Å². The number of aliphatic hydroxyl groups is 1. The lowest BCUT2D eigenvalue weighted by atomic mass is 10.1. The van der Waals surface area contributed by atoms with E-state index in [2.05, 4.69) is 21.2 Å². The minimum absolute atomic E-state index is 0.177. The molecule has 5 nitrogen and oxygen atoms in total. The van der Waals surface area contributed by atoms with Crippen LogP contribution < -0.4 is 5.32 Å². The Morgan fingerprint density at radius 2 is 1.95 bits per heavy atom. The quantitative estimate of drug-likeness (QED) is 0.741. The van der Waals surface area contributed by atoms with Crippen LogP contribution in [0.4, 0.5) is 13.2 Å². The Hall–Kier alpha value is -1.61. The Labute approximate surface area is 125 Å². The lowest BCUT2D eigenvalue weighted by Crippen LogP contribution is -2.30. The number of nitrogens with one attached hydrogen (secondary N) is 1. The number of carboxylic acid groups (broad SMARTS) is 1. The van der Waals surface area contributed by atoms with Crippen LogP contribution in [-0.2, 0) is 11.0 Å². The number of amides is 1. The van der Waals surface area contributed by atoms with Crippen molar-refractivity contribution in [3.05, 3.63) is 33.8 Å². The van der Waals surface area contributed by atoms with E-state index in [1.54, 1.807) is 0 Å². The molecule has 0 aromatic heterocycles. The molecule has 0 bridgehead atoms. The second-order valence-electron chi connectivity index (χ2n) is 4.09. The third-order valence-corrected chi connectivity index (χ3v) is 3.21. The fourth-order valence-electron chi connectivity index (χ4n) is 1.43. The summed E-state index contributed by atoms with van der Waals surface area (Å²) < 4.78 is 37.8. The van der Waals surface area contributed by atoms with Gasteiger partial charge in [-0.1, -0.05) is 15.9 Å². The average molecular weight is 370 g/mol. The Balaban J connectivity index is 2.73. The van der Waals surface area contributed by atoms with Crippen LogP contribution in [0.5, 0.6) is 0 Å². The summed E-state index contributed by atoms with van der Waals surface area (Å²) in [5.74, 6) is -2.22. The minimum Gasteiger partial charge on any atom is -0.479 e. The number of rotatable bonds is 5. The van der Waals surface area contributed by atoms with Gasteiger partial charge in [-0.25, -0.2) is 4.79 Å². The maximum Gasteiger partial charge on any atom is 0.417 e. The molecule has 0 fully saturated rings. The zero-order valence-electron chi connectivity index (χ0n) is 10.4. The zero-order chi connectivity index (χ0) is 16.2. The number of aliphatic hydroxyl groups excluding tert-OH is 1. The monoisotopic (exact) mass is 369 g/mol. The van der Waals surface area contributed by atoms with Gasteiger partial charge in [-0.15, -0.1) is 0 Å². The summed E-state index contributed by atoms with van der Waals surface area (Å²) in [7, 11) is 0. The van der Waals surface area contributed by atoms with Crippen LogP contribution >= 0.6 is 15.9 Å². The third-order valence-electron chi connectivity index (χ3n) is 2.52. The summed E-state index contributed by atoms with van der Waals surface area (Å²) in [4.78, 5) is 22.0. The molecule has 1 rings (SSSR count). The van der Waals surface area contributed by atoms with Crippen molar-refractivity contribution >= 4 is 27.8 Å². The number of carbonyl (C=O) groups is 2. The summed E-state index contributed by atoms with van der Waals surface area (Å²) in [6.45, 7) is -0.177. The van der Waals surface area contributed by atoms with E-state index in [0.717, 1.165) is 6.07 Å². The van der Waals surface area contributed by atoms with Crippen molar-refractivity contribution in [2.45, 2.75) is 18.7 Å². The van der Waals surface area contributed by atoms with Crippen LogP contribution in [0.25, 0.3) is 0 Å². The van der Waals surface area contributed by atoms with Gasteiger partial charge in [-0.05, 0) is 18.2 Å². The molecule has 0 aliphatic heterocycles. The van der Waals surface area contributed by atoms with Crippen molar-refractivity contribution in [3.8, 4) is 0 Å². The van der Waals surface area contributed by atoms with Crippen LogP contribution in [0.3, 0.4) is 0 Å². The van der Waals surface area contributed by atoms with Crippen LogP contribution in [-0.4, -0.2) is 34.7 Å². The maximum absolute atomic E-state index is 12.7. The first-order valence-corrected chi connectivity index (χ1v) is 6.48. The van der Waals surface area contributed by atoms with Gasteiger partial charge in [-0.3, -0.25) is 4.79 Å². The van der Waals surface area contributed by atoms with Gasteiger partial charge < -0.3 is 15.5 Å². The summed E-state index contributed by atoms with van der Waals surface area (Å²) in [6.07, 6.45) is -6.49. The number of halogens is 4. The normalized spacial score (nSPS) is 12.8. The number of aliphatic carboxylic acids is 1. The van der Waals surface area contributed by atoms with Gasteiger partial charge in [0.1, 0.15) is 0 Å². The van der Waals surface area contributed by atoms with Crippen molar-refractivity contribution in [1.29, 1.82) is 0 Å². The molecule has 1 aromatic rings. The van der Waals surface area contributed by atoms with Crippen LogP contribution in [0.15, 0.2) is 22.7 Å². The van der Waals surface area contributed by atoms with Gasteiger partial charge in [0.05, 0.1) is 5.56 Å². The van der Waals surface area contributed by atoms with Crippen LogP contribution in [0.2, 0.25) is 0 Å². The van der Waals surface area contributed by atoms with E-state index in [9.17, 15) is 22.8 Å². The summed E-state index contributed by atoms with van der Waals surface area (Å²) in [5, 5.41) is 19.7. The Kier molecular flexibility index (Phi) is 5.73. The highest BCUT2D eigenvalue weighted by Crippen LogP contribution is 2.35. The molecule has 0 heterocycles. The second-order valence-corrected chi connectivity index (χ2v) is 4.95. The van der Waals surface area contributed by atoms with Gasteiger partial charge in [-0.2, -0.15) is 13.2 Å². The SMILES string of the molecule is O=C(NCC[C@H](O)C(=O)O)c1ccc(Br)c(C(F)(F)F)c1. The molecule has 1 atom stereocenters. The Morgan fingerprint density at radius 3 is 2.48 bits per heavy atom. The highest BCUT2D eigenvalue weighted by atomic mass is 79.9.